The first kappa shape index (κ1) is 21.2. The minimum absolute atomic E-state index is 0.00489. The highest BCUT2D eigenvalue weighted by Gasteiger charge is 2.16. The third-order valence-electron chi connectivity index (χ3n) is 3.75. The summed E-state index contributed by atoms with van der Waals surface area (Å²) in [5.41, 5.74) is 1.68. The number of unbranched alkanes of at least 4 members (excludes halogenated alkanes) is 2. The Morgan fingerprint density at radius 1 is 1.20 bits per heavy atom. The average molecular weight is 367 g/mol. The molecule has 139 valence electrons. The summed E-state index contributed by atoms with van der Waals surface area (Å²) in [7, 11) is 2.17. The first-order valence-corrected chi connectivity index (χ1v) is 10.9. The zero-order valence-corrected chi connectivity index (χ0v) is 16.8. The number of nitrogens with zero attached hydrogens (tertiary/aromatic N) is 1. The van der Waals surface area contributed by atoms with Crippen LogP contribution in [-0.2, 0) is 10.8 Å². The molecule has 0 aliphatic rings. The smallest absolute Gasteiger partial charge is 0.271 e. The average Bonchev–Trinajstić information content (AvgIpc) is 2.58. The summed E-state index contributed by atoms with van der Waals surface area (Å²) >= 11 is 0. The van der Waals surface area contributed by atoms with Crippen LogP contribution in [0.25, 0.3) is 6.08 Å². The van der Waals surface area contributed by atoms with Gasteiger partial charge in [0.15, 0.2) is 0 Å². The maximum atomic E-state index is 11.3. The highest BCUT2D eigenvalue weighted by molar-refractivity contribution is 6.48. The minimum Gasteiger partial charge on any atom is -0.496 e. The molecule has 7 heteroatoms. The summed E-state index contributed by atoms with van der Waals surface area (Å²) in [6.45, 7) is 6.03. The van der Waals surface area contributed by atoms with E-state index in [0.29, 0.717) is 11.3 Å². The predicted octanol–water partition coefficient (Wildman–Crippen LogP) is 4.32. The molecule has 0 spiro atoms. The van der Waals surface area contributed by atoms with Crippen molar-refractivity contribution in [2.24, 2.45) is 0 Å². The van der Waals surface area contributed by atoms with E-state index < -0.39 is 14.0 Å². The van der Waals surface area contributed by atoms with E-state index in [9.17, 15) is 10.1 Å². The van der Waals surface area contributed by atoms with Gasteiger partial charge < -0.3 is 13.9 Å². The summed E-state index contributed by atoms with van der Waals surface area (Å²) in [6, 6.07) is 3.71. The molecule has 25 heavy (non-hydrogen) atoms. The van der Waals surface area contributed by atoms with Gasteiger partial charge in [0.25, 0.3) is 5.70 Å². The van der Waals surface area contributed by atoms with Crippen LogP contribution in [0.2, 0.25) is 13.1 Å². The lowest BCUT2D eigenvalue weighted by Gasteiger charge is -2.13. The molecule has 0 aromatic heterocycles. The van der Waals surface area contributed by atoms with Gasteiger partial charge in [0, 0.05) is 11.6 Å². The lowest BCUT2D eigenvalue weighted by atomic mass is 10.0. The van der Waals surface area contributed by atoms with Crippen molar-refractivity contribution < 1.29 is 18.8 Å². The maximum Gasteiger partial charge on any atom is 0.271 e. The minimum atomic E-state index is -1.00. The Morgan fingerprint density at radius 2 is 1.88 bits per heavy atom. The van der Waals surface area contributed by atoms with Crippen LogP contribution in [0, 0.1) is 10.1 Å². The number of ether oxygens (including phenoxy) is 2. The Hall–Kier alpha value is -1.86. The molecule has 0 atom stereocenters. The molecule has 0 amide bonds. The number of methoxy groups -OCH3 is 2. The molecule has 6 nitrogen and oxygen atoms in total. The fourth-order valence-corrected chi connectivity index (χ4v) is 2.84. The van der Waals surface area contributed by atoms with Gasteiger partial charge in [-0.25, -0.2) is 0 Å². The molecular formula is C18H28NO5Si. The molecule has 0 bridgehead atoms. The molecular weight excluding hydrogens is 338 g/mol. The lowest BCUT2D eigenvalue weighted by Crippen LogP contribution is -2.14. The van der Waals surface area contributed by atoms with E-state index in [2.05, 4.69) is 6.92 Å². The van der Waals surface area contributed by atoms with Crippen molar-refractivity contribution in [1.29, 1.82) is 0 Å². The summed E-state index contributed by atoms with van der Waals surface area (Å²) < 4.78 is 16.4. The van der Waals surface area contributed by atoms with E-state index in [0.717, 1.165) is 37.0 Å². The van der Waals surface area contributed by atoms with Crippen molar-refractivity contribution in [3.8, 4) is 11.5 Å². The van der Waals surface area contributed by atoms with Gasteiger partial charge in [-0.15, -0.1) is 0 Å². The fraction of sp³-hybridized carbons (Fsp3) is 0.556. The Bertz CT molecular complexity index is 601. The van der Waals surface area contributed by atoms with Gasteiger partial charge in [0.05, 0.1) is 19.1 Å². The third kappa shape index (κ3) is 6.87. The molecule has 1 aromatic carbocycles. The number of aryl methyl sites for hydroxylation is 1. The number of hydrogen-bond donors (Lipinski definition) is 0. The Kier molecular flexibility index (Phi) is 9.23. The van der Waals surface area contributed by atoms with E-state index in [1.807, 2.05) is 19.2 Å². The van der Waals surface area contributed by atoms with E-state index in [4.69, 9.17) is 13.9 Å². The third-order valence-corrected chi connectivity index (χ3v) is 4.47. The SMILES string of the molecule is CCCCCc1cc(OC)c(C=C(CO[Si](C)C)[N+](=O)[O-])cc1OC. The van der Waals surface area contributed by atoms with Crippen molar-refractivity contribution >= 4 is 15.1 Å². The van der Waals surface area contributed by atoms with E-state index >= 15 is 0 Å². The molecule has 1 radical (unpaired) electrons. The molecule has 0 aliphatic carbocycles. The van der Waals surface area contributed by atoms with Gasteiger partial charge in [-0.2, -0.15) is 0 Å². The Morgan fingerprint density at radius 3 is 2.40 bits per heavy atom. The maximum absolute atomic E-state index is 11.3. The largest absolute Gasteiger partial charge is 0.496 e. The fourth-order valence-electron chi connectivity index (χ4n) is 2.40. The number of rotatable bonds is 11. The second-order valence-electron chi connectivity index (χ2n) is 5.95. The van der Waals surface area contributed by atoms with Gasteiger partial charge >= 0.3 is 0 Å². The van der Waals surface area contributed by atoms with Crippen LogP contribution in [0.15, 0.2) is 17.8 Å². The number of nitro groups is 1. The summed E-state index contributed by atoms with van der Waals surface area (Å²) in [6.07, 6.45) is 5.75. The standard InChI is InChI=1S/C18H28NO5Si/c1-6-7-8-9-14-11-18(23-3)15(12-17(14)22-2)10-16(19(20)21)13-24-25(4)5/h10-12H,6-9,13H2,1-5H3. The number of benzene rings is 1. The molecule has 0 fully saturated rings. The van der Waals surface area contributed by atoms with Crippen molar-refractivity contribution in [1.82, 2.24) is 0 Å². The van der Waals surface area contributed by atoms with Crippen LogP contribution in [0.5, 0.6) is 11.5 Å². The van der Waals surface area contributed by atoms with Gasteiger partial charge in [-0.3, -0.25) is 10.1 Å². The molecule has 0 heterocycles. The summed E-state index contributed by atoms with van der Waals surface area (Å²) in [4.78, 5) is 10.9. The first-order valence-electron chi connectivity index (χ1n) is 8.45. The van der Waals surface area contributed by atoms with Gasteiger partial charge in [0.1, 0.15) is 18.1 Å². The van der Waals surface area contributed by atoms with Gasteiger partial charge in [0.2, 0.25) is 9.04 Å². The van der Waals surface area contributed by atoms with Crippen LogP contribution in [0.3, 0.4) is 0 Å². The molecule has 1 rings (SSSR count). The van der Waals surface area contributed by atoms with Gasteiger partial charge in [-0.1, -0.05) is 19.8 Å². The van der Waals surface area contributed by atoms with Gasteiger partial charge in [-0.05, 0) is 43.6 Å². The van der Waals surface area contributed by atoms with Crippen molar-refractivity contribution in [3.63, 3.8) is 0 Å². The molecule has 0 aliphatic heterocycles. The second kappa shape index (κ2) is 10.9. The Labute approximate surface area is 151 Å². The number of hydrogen-bond acceptors (Lipinski definition) is 5. The summed E-state index contributed by atoms with van der Waals surface area (Å²) in [5.74, 6) is 1.33. The second-order valence-corrected chi connectivity index (χ2v) is 8.06. The molecule has 0 saturated heterocycles. The molecule has 1 aromatic rings. The van der Waals surface area contributed by atoms with E-state index in [1.54, 1.807) is 20.3 Å². The van der Waals surface area contributed by atoms with Crippen molar-refractivity contribution in [3.05, 3.63) is 39.1 Å². The van der Waals surface area contributed by atoms with Crippen molar-refractivity contribution in [2.45, 2.75) is 45.7 Å². The van der Waals surface area contributed by atoms with Crippen LogP contribution in [-0.4, -0.2) is 34.8 Å². The van der Waals surface area contributed by atoms with Crippen LogP contribution < -0.4 is 9.47 Å². The lowest BCUT2D eigenvalue weighted by molar-refractivity contribution is -0.427. The molecule has 0 N–H and O–H groups in total. The van der Waals surface area contributed by atoms with E-state index in [1.165, 1.54) is 6.08 Å². The molecule has 0 unspecified atom stereocenters. The monoisotopic (exact) mass is 366 g/mol. The van der Waals surface area contributed by atoms with Crippen LogP contribution in [0.1, 0.15) is 37.3 Å². The zero-order valence-electron chi connectivity index (χ0n) is 15.8. The quantitative estimate of drug-likeness (QED) is 0.252. The van der Waals surface area contributed by atoms with Crippen LogP contribution >= 0.6 is 0 Å². The normalized spacial score (nSPS) is 11.7. The Balaban J connectivity index is 3.19. The summed E-state index contributed by atoms with van der Waals surface area (Å²) in [5, 5.41) is 11.3. The predicted molar refractivity (Wildman–Crippen MR) is 101 cm³/mol. The highest BCUT2D eigenvalue weighted by atomic mass is 28.3. The highest BCUT2D eigenvalue weighted by Crippen LogP contribution is 2.31. The molecule has 0 saturated carbocycles. The first-order chi connectivity index (χ1) is 11.9. The topological polar surface area (TPSA) is 70.8 Å². The zero-order chi connectivity index (χ0) is 18.8. The van der Waals surface area contributed by atoms with E-state index in [-0.39, 0.29) is 12.3 Å². The van der Waals surface area contributed by atoms with Crippen LogP contribution in [0.4, 0.5) is 0 Å². The van der Waals surface area contributed by atoms with Crippen molar-refractivity contribution in [2.75, 3.05) is 20.8 Å².